The van der Waals surface area contributed by atoms with Crippen LogP contribution in [0.2, 0.25) is 0 Å². The van der Waals surface area contributed by atoms with Crippen molar-refractivity contribution in [2.24, 2.45) is 5.92 Å². The topological polar surface area (TPSA) is 15.3 Å². The third-order valence-corrected chi connectivity index (χ3v) is 5.35. The van der Waals surface area contributed by atoms with Gasteiger partial charge in [-0.3, -0.25) is 4.90 Å². The zero-order valence-electron chi connectivity index (χ0n) is 13.2. The summed E-state index contributed by atoms with van der Waals surface area (Å²) in [6.45, 7) is 10.6. The van der Waals surface area contributed by atoms with E-state index in [1.54, 1.807) is 0 Å². The predicted molar refractivity (Wildman–Crippen MR) is 84.9 cm³/mol. The average molecular weight is 272 g/mol. The van der Waals surface area contributed by atoms with Crippen molar-refractivity contribution >= 4 is 0 Å². The van der Waals surface area contributed by atoms with Crippen LogP contribution in [0.3, 0.4) is 0 Å². The second-order valence-electron chi connectivity index (χ2n) is 6.98. The van der Waals surface area contributed by atoms with Crippen LogP contribution in [0.1, 0.15) is 50.3 Å². The first kappa shape index (κ1) is 14.1. The molecule has 2 atom stereocenters. The molecule has 1 aromatic rings. The molecular formula is C18H28N2. The van der Waals surface area contributed by atoms with Crippen molar-refractivity contribution in [2.45, 2.75) is 51.6 Å². The molecule has 1 aromatic carbocycles. The lowest BCUT2D eigenvalue weighted by molar-refractivity contribution is 0.159. The van der Waals surface area contributed by atoms with E-state index in [0.29, 0.717) is 11.6 Å². The summed E-state index contributed by atoms with van der Waals surface area (Å²) >= 11 is 0. The quantitative estimate of drug-likeness (QED) is 0.905. The van der Waals surface area contributed by atoms with Gasteiger partial charge in [-0.2, -0.15) is 0 Å². The number of rotatable bonds is 3. The fraction of sp³-hybridized carbons (Fsp3) is 0.667. The minimum Gasteiger partial charge on any atom is -0.310 e. The molecule has 0 amide bonds. The van der Waals surface area contributed by atoms with Crippen molar-refractivity contribution in [2.75, 3.05) is 19.6 Å². The van der Waals surface area contributed by atoms with Gasteiger partial charge in [0.25, 0.3) is 0 Å². The Morgan fingerprint density at radius 1 is 1.30 bits per heavy atom. The van der Waals surface area contributed by atoms with Gasteiger partial charge in [-0.1, -0.05) is 24.3 Å². The fourth-order valence-electron chi connectivity index (χ4n) is 3.79. The van der Waals surface area contributed by atoms with Gasteiger partial charge in [-0.25, -0.2) is 0 Å². The lowest BCUT2D eigenvalue weighted by Gasteiger charge is -2.37. The summed E-state index contributed by atoms with van der Waals surface area (Å²) in [7, 11) is 0. The zero-order valence-corrected chi connectivity index (χ0v) is 13.2. The monoisotopic (exact) mass is 272 g/mol. The molecule has 110 valence electrons. The standard InChI is InChI=1S/C18H28N2/c1-14-7-4-5-8-17(14)15(2)20-12-6-11-19-18(3,13-20)16-9-10-16/h4-5,7-8,15-16,19H,6,9-13H2,1-3H3. The van der Waals surface area contributed by atoms with Crippen molar-refractivity contribution in [3.8, 4) is 0 Å². The largest absolute Gasteiger partial charge is 0.310 e. The van der Waals surface area contributed by atoms with Crippen LogP contribution in [0.25, 0.3) is 0 Å². The van der Waals surface area contributed by atoms with E-state index in [1.165, 1.54) is 50.0 Å². The van der Waals surface area contributed by atoms with Crippen LogP contribution in [0.4, 0.5) is 0 Å². The predicted octanol–water partition coefficient (Wildman–Crippen LogP) is 3.52. The number of aryl methyl sites for hydroxylation is 1. The van der Waals surface area contributed by atoms with Gasteiger partial charge in [0.1, 0.15) is 0 Å². The average Bonchev–Trinajstić information content (AvgIpc) is 3.25. The Hall–Kier alpha value is -0.860. The third kappa shape index (κ3) is 2.77. The second kappa shape index (κ2) is 5.50. The van der Waals surface area contributed by atoms with Crippen LogP contribution >= 0.6 is 0 Å². The molecule has 2 nitrogen and oxygen atoms in total. The van der Waals surface area contributed by atoms with E-state index in [9.17, 15) is 0 Å². The smallest absolute Gasteiger partial charge is 0.0323 e. The second-order valence-corrected chi connectivity index (χ2v) is 6.98. The Morgan fingerprint density at radius 2 is 2.05 bits per heavy atom. The Kier molecular flexibility index (Phi) is 3.87. The number of nitrogens with zero attached hydrogens (tertiary/aromatic N) is 1. The summed E-state index contributed by atoms with van der Waals surface area (Å²) in [5.74, 6) is 0.896. The summed E-state index contributed by atoms with van der Waals surface area (Å²) in [5, 5.41) is 3.83. The molecule has 2 unspecified atom stereocenters. The van der Waals surface area contributed by atoms with E-state index in [2.05, 4.69) is 55.3 Å². The maximum Gasteiger partial charge on any atom is 0.0323 e. The van der Waals surface area contributed by atoms with Crippen LogP contribution < -0.4 is 5.32 Å². The molecule has 1 N–H and O–H groups in total. The van der Waals surface area contributed by atoms with Gasteiger partial charge in [-0.05, 0) is 63.6 Å². The molecule has 0 radical (unpaired) electrons. The van der Waals surface area contributed by atoms with Gasteiger partial charge in [0.2, 0.25) is 0 Å². The number of hydrogen-bond acceptors (Lipinski definition) is 2. The van der Waals surface area contributed by atoms with Crippen LogP contribution in [0.15, 0.2) is 24.3 Å². The van der Waals surface area contributed by atoms with E-state index >= 15 is 0 Å². The van der Waals surface area contributed by atoms with E-state index in [-0.39, 0.29) is 0 Å². The molecule has 0 aromatic heterocycles. The number of benzene rings is 1. The van der Waals surface area contributed by atoms with E-state index < -0.39 is 0 Å². The number of hydrogen-bond donors (Lipinski definition) is 1. The molecule has 3 rings (SSSR count). The highest BCUT2D eigenvalue weighted by molar-refractivity contribution is 5.28. The van der Waals surface area contributed by atoms with E-state index in [1.807, 2.05) is 0 Å². The molecule has 1 saturated heterocycles. The summed E-state index contributed by atoms with van der Waals surface area (Å²) in [4.78, 5) is 2.70. The lowest BCUT2D eigenvalue weighted by atomic mass is 9.93. The molecule has 1 heterocycles. The minimum absolute atomic E-state index is 0.327. The summed E-state index contributed by atoms with van der Waals surface area (Å²) < 4.78 is 0. The van der Waals surface area contributed by atoms with Gasteiger partial charge < -0.3 is 5.32 Å². The molecule has 2 aliphatic rings. The van der Waals surface area contributed by atoms with Gasteiger partial charge >= 0.3 is 0 Å². The molecule has 1 aliphatic heterocycles. The third-order valence-electron chi connectivity index (χ3n) is 5.35. The maximum absolute atomic E-state index is 3.83. The summed E-state index contributed by atoms with van der Waals surface area (Å²) in [5.41, 5.74) is 3.24. The number of nitrogens with one attached hydrogen (secondary N) is 1. The Balaban J connectivity index is 1.79. The fourth-order valence-corrected chi connectivity index (χ4v) is 3.79. The molecular weight excluding hydrogens is 244 g/mol. The lowest BCUT2D eigenvalue weighted by Crippen LogP contribution is -2.51. The molecule has 2 fully saturated rings. The van der Waals surface area contributed by atoms with Gasteiger partial charge in [0.15, 0.2) is 0 Å². The summed E-state index contributed by atoms with van der Waals surface area (Å²) in [6, 6.07) is 9.38. The van der Waals surface area contributed by atoms with Crippen LogP contribution in [-0.4, -0.2) is 30.1 Å². The molecule has 1 saturated carbocycles. The normalized spacial score (nSPS) is 29.9. The molecule has 20 heavy (non-hydrogen) atoms. The molecule has 1 aliphatic carbocycles. The first-order valence-electron chi connectivity index (χ1n) is 8.15. The Morgan fingerprint density at radius 3 is 2.75 bits per heavy atom. The minimum atomic E-state index is 0.327. The first-order valence-corrected chi connectivity index (χ1v) is 8.15. The molecule has 2 heteroatoms. The molecule has 0 spiro atoms. The van der Waals surface area contributed by atoms with Crippen LogP contribution in [0, 0.1) is 12.8 Å². The van der Waals surface area contributed by atoms with Crippen molar-refractivity contribution < 1.29 is 0 Å². The van der Waals surface area contributed by atoms with Crippen LogP contribution in [0.5, 0.6) is 0 Å². The van der Waals surface area contributed by atoms with Crippen LogP contribution in [-0.2, 0) is 0 Å². The maximum atomic E-state index is 3.83. The Bertz CT molecular complexity index is 466. The highest BCUT2D eigenvalue weighted by Gasteiger charge is 2.43. The van der Waals surface area contributed by atoms with E-state index in [4.69, 9.17) is 0 Å². The van der Waals surface area contributed by atoms with Gasteiger partial charge in [0.05, 0.1) is 0 Å². The van der Waals surface area contributed by atoms with Gasteiger partial charge in [-0.15, -0.1) is 0 Å². The molecule has 0 bridgehead atoms. The van der Waals surface area contributed by atoms with Crippen molar-refractivity contribution in [3.63, 3.8) is 0 Å². The van der Waals surface area contributed by atoms with Crippen molar-refractivity contribution in [1.82, 2.24) is 10.2 Å². The Labute approximate surface area is 123 Å². The summed E-state index contributed by atoms with van der Waals surface area (Å²) in [6.07, 6.45) is 4.09. The van der Waals surface area contributed by atoms with Crippen molar-refractivity contribution in [1.29, 1.82) is 0 Å². The SMILES string of the molecule is Cc1ccccc1C(C)N1CCCNC(C)(C2CC2)C1. The highest BCUT2D eigenvalue weighted by Crippen LogP contribution is 2.41. The first-order chi connectivity index (χ1) is 9.60. The van der Waals surface area contributed by atoms with Crippen molar-refractivity contribution in [3.05, 3.63) is 35.4 Å². The zero-order chi connectivity index (χ0) is 14.2. The highest BCUT2D eigenvalue weighted by atomic mass is 15.2. The van der Waals surface area contributed by atoms with Gasteiger partial charge in [0, 0.05) is 24.7 Å². The van der Waals surface area contributed by atoms with E-state index in [0.717, 1.165) is 5.92 Å².